The molecule has 8 nitrogen and oxygen atoms in total. The molecule has 0 spiro atoms. The lowest BCUT2D eigenvalue weighted by Gasteiger charge is -2.43. The summed E-state index contributed by atoms with van der Waals surface area (Å²) in [7, 11) is 0. The van der Waals surface area contributed by atoms with Crippen LogP contribution < -0.4 is 10.3 Å². The molecule has 2 N–H and O–H groups in total. The first kappa shape index (κ1) is 19.4. The molecular weight excluding hydrogens is 370 g/mol. The second-order valence-corrected chi connectivity index (χ2v) is 8.59. The summed E-state index contributed by atoms with van der Waals surface area (Å²) in [5, 5.41) is 21.0. The van der Waals surface area contributed by atoms with Crippen LogP contribution in [-0.4, -0.2) is 50.9 Å². The molecule has 0 fully saturated rings. The molecule has 4 rings (SSSR count). The van der Waals surface area contributed by atoms with Crippen LogP contribution in [0.2, 0.25) is 0 Å². The summed E-state index contributed by atoms with van der Waals surface area (Å²) >= 11 is 0. The first-order chi connectivity index (χ1) is 13.7. The first-order valence-electron chi connectivity index (χ1n) is 9.89. The molecule has 154 valence electrons. The van der Waals surface area contributed by atoms with E-state index in [1.807, 2.05) is 12.1 Å². The van der Waals surface area contributed by atoms with Crippen LogP contribution in [0.15, 0.2) is 40.1 Å². The number of carboxylic acids is 1. The number of carboxylic acid groups (broad SMARTS) is 1. The molecule has 0 radical (unpaired) electrons. The Morgan fingerprint density at radius 1 is 1.28 bits per heavy atom. The lowest BCUT2D eigenvalue weighted by molar-refractivity contribution is -0.139. The molecule has 0 amide bonds. The molecule has 8 heteroatoms. The van der Waals surface area contributed by atoms with Crippen molar-refractivity contribution in [3.05, 3.63) is 41.4 Å². The number of anilines is 1. The molecular formula is C21H27N5O3. The number of hydrogen-bond acceptors (Lipinski definition) is 7. The van der Waals surface area contributed by atoms with E-state index in [-0.39, 0.29) is 5.54 Å². The number of aromatic nitrogens is 2. The number of hydrazine groups is 1. The van der Waals surface area contributed by atoms with Crippen LogP contribution in [0.25, 0.3) is 11.5 Å². The van der Waals surface area contributed by atoms with Crippen LogP contribution >= 0.6 is 0 Å². The fourth-order valence-electron chi connectivity index (χ4n) is 4.08. The van der Waals surface area contributed by atoms with Crippen molar-refractivity contribution in [2.24, 2.45) is 0 Å². The largest absolute Gasteiger partial charge is 0.480 e. The second-order valence-electron chi connectivity index (χ2n) is 8.59. The van der Waals surface area contributed by atoms with Gasteiger partial charge in [0, 0.05) is 12.1 Å². The standard InChI is InChI=1S/C21H27N5O3/c1-13-23-19(29-24-13)14-5-8-16(9-6-14)25-12-15-7-10-17(20(27)28)22-11-18(15)26(25)21(2,3)4/h5-6,8-9,17,22H,7,10-12H2,1-4H3,(H,27,28). The highest BCUT2D eigenvalue weighted by Crippen LogP contribution is 2.37. The van der Waals surface area contributed by atoms with Gasteiger partial charge in [-0.15, -0.1) is 0 Å². The zero-order chi connectivity index (χ0) is 20.8. The minimum atomic E-state index is -0.780. The van der Waals surface area contributed by atoms with Gasteiger partial charge in [0.1, 0.15) is 6.04 Å². The summed E-state index contributed by atoms with van der Waals surface area (Å²) in [5.41, 5.74) is 4.29. The third kappa shape index (κ3) is 3.72. The topological polar surface area (TPSA) is 94.7 Å². The van der Waals surface area contributed by atoms with Crippen LogP contribution in [-0.2, 0) is 4.79 Å². The van der Waals surface area contributed by atoms with Crippen LogP contribution in [0, 0.1) is 6.92 Å². The van der Waals surface area contributed by atoms with Gasteiger partial charge in [0.2, 0.25) is 0 Å². The van der Waals surface area contributed by atoms with Crippen molar-refractivity contribution in [2.75, 3.05) is 18.1 Å². The van der Waals surface area contributed by atoms with Crippen LogP contribution in [0.4, 0.5) is 5.69 Å². The van der Waals surface area contributed by atoms with Gasteiger partial charge in [0.15, 0.2) is 5.82 Å². The molecule has 0 saturated carbocycles. The number of nitrogens with zero attached hydrogens (tertiary/aromatic N) is 4. The van der Waals surface area contributed by atoms with Gasteiger partial charge in [-0.3, -0.25) is 20.1 Å². The SMILES string of the molecule is Cc1noc(-c2ccc(N3CC4=C(CNC(C(=O)O)CC4)N3C(C)(C)C)cc2)n1. The highest BCUT2D eigenvalue weighted by molar-refractivity contribution is 5.73. The van der Waals surface area contributed by atoms with Gasteiger partial charge in [-0.1, -0.05) is 5.16 Å². The van der Waals surface area contributed by atoms with Crippen molar-refractivity contribution in [1.82, 2.24) is 20.5 Å². The molecule has 0 aliphatic carbocycles. The minimum Gasteiger partial charge on any atom is -0.480 e. The van der Waals surface area contributed by atoms with Gasteiger partial charge in [-0.2, -0.15) is 4.98 Å². The monoisotopic (exact) mass is 397 g/mol. The minimum absolute atomic E-state index is 0.149. The molecule has 2 aromatic rings. The van der Waals surface area contributed by atoms with E-state index in [1.165, 1.54) is 11.3 Å². The Balaban J connectivity index is 1.60. The predicted molar refractivity (Wildman–Crippen MR) is 109 cm³/mol. The number of aryl methyl sites for hydroxylation is 1. The van der Waals surface area contributed by atoms with Crippen LogP contribution in [0.3, 0.4) is 0 Å². The lowest BCUT2D eigenvalue weighted by Crippen LogP contribution is -2.51. The number of carbonyl (C=O) groups is 1. The van der Waals surface area contributed by atoms with Gasteiger partial charge in [0.05, 0.1) is 23.5 Å². The molecule has 0 saturated heterocycles. The summed E-state index contributed by atoms with van der Waals surface area (Å²) < 4.78 is 5.26. The maximum Gasteiger partial charge on any atom is 0.320 e. The third-order valence-electron chi connectivity index (χ3n) is 5.37. The number of aliphatic carboxylic acids is 1. The molecule has 1 aromatic carbocycles. The first-order valence-corrected chi connectivity index (χ1v) is 9.89. The molecule has 3 heterocycles. The van der Waals surface area contributed by atoms with Crippen molar-refractivity contribution in [3.63, 3.8) is 0 Å². The average Bonchev–Trinajstić information content (AvgIpc) is 3.19. The van der Waals surface area contributed by atoms with E-state index in [9.17, 15) is 9.90 Å². The highest BCUT2D eigenvalue weighted by Gasteiger charge is 2.39. The molecule has 1 unspecified atom stereocenters. The van der Waals surface area contributed by atoms with E-state index >= 15 is 0 Å². The molecule has 2 aliphatic heterocycles. The van der Waals surface area contributed by atoms with Gasteiger partial charge in [-0.25, -0.2) is 0 Å². The van der Waals surface area contributed by atoms with Crippen molar-refractivity contribution in [2.45, 2.75) is 52.1 Å². The van der Waals surface area contributed by atoms with E-state index in [1.54, 1.807) is 6.92 Å². The molecule has 1 atom stereocenters. The summed E-state index contributed by atoms with van der Waals surface area (Å²) in [6.45, 7) is 9.63. The van der Waals surface area contributed by atoms with E-state index in [0.717, 1.165) is 24.2 Å². The normalized spacial score (nSPS) is 20.1. The fraction of sp³-hybridized carbons (Fsp3) is 0.476. The fourth-order valence-corrected chi connectivity index (χ4v) is 4.08. The number of nitrogens with one attached hydrogen (secondary N) is 1. The Morgan fingerprint density at radius 2 is 2.00 bits per heavy atom. The molecule has 1 aromatic heterocycles. The summed E-state index contributed by atoms with van der Waals surface area (Å²) in [6, 6.07) is 7.62. The lowest BCUT2D eigenvalue weighted by atomic mass is 10.0. The van der Waals surface area contributed by atoms with Crippen molar-refractivity contribution in [1.29, 1.82) is 0 Å². The van der Waals surface area contributed by atoms with E-state index in [2.05, 4.69) is 58.4 Å². The van der Waals surface area contributed by atoms with Crippen molar-refractivity contribution >= 4 is 11.7 Å². The maximum atomic E-state index is 11.4. The summed E-state index contributed by atoms with van der Waals surface area (Å²) in [6.07, 6.45) is 1.39. The van der Waals surface area contributed by atoms with Crippen molar-refractivity contribution < 1.29 is 14.4 Å². The summed E-state index contributed by atoms with van der Waals surface area (Å²) in [4.78, 5) is 15.7. The van der Waals surface area contributed by atoms with Gasteiger partial charge in [0.25, 0.3) is 5.89 Å². The van der Waals surface area contributed by atoms with E-state index in [0.29, 0.717) is 24.7 Å². The second kappa shape index (κ2) is 7.18. The Hall–Kier alpha value is -2.87. The Bertz CT molecular complexity index is 942. The van der Waals surface area contributed by atoms with E-state index in [4.69, 9.17) is 4.52 Å². The zero-order valence-electron chi connectivity index (χ0n) is 17.3. The molecule has 29 heavy (non-hydrogen) atoms. The number of hydrogen-bond donors (Lipinski definition) is 2. The Kier molecular flexibility index (Phi) is 4.82. The maximum absolute atomic E-state index is 11.4. The smallest absolute Gasteiger partial charge is 0.320 e. The van der Waals surface area contributed by atoms with Crippen LogP contribution in [0.1, 0.15) is 39.4 Å². The number of benzene rings is 1. The van der Waals surface area contributed by atoms with Crippen molar-refractivity contribution in [3.8, 4) is 11.5 Å². The van der Waals surface area contributed by atoms with Gasteiger partial charge < -0.3 is 9.63 Å². The summed E-state index contributed by atoms with van der Waals surface area (Å²) in [5.74, 6) is 0.348. The van der Waals surface area contributed by atoms with Crippen LogP contribution in [0.5, 0.6) is 0 Å². The molecule has 2 aliphatic rings. The highest BCUT2D eigenvalue weighted by atomic mass is 16.5. The quantitative estimate of drug-likeness (QED) is 0.816. The van der Waals surface area contributed by atoms with Gasteiger partial charge >= 0.3 is 5.97 Å². The van der Waals surface area contributed by atoms with E-state index < -0.39 is 12.0 Å². The zero-order valence-corrected chi connectivity index (χ0v) is 17.3. The molecule has 0 bridgehead atoms. The average molecular weight is 397 g/mol. The third-order valence-corrected chi connectivity index (χ3v) is 5.37. The number of rotatable bonds is 3. The van der Waals surface area contributed by atoms with Gasteiger partial charge in [-0.05, 0) is 70.4 Å². The Morgan fingerprint density at radius 3 is 2.59 bits per heavy atom. The Labute approximate surface area is 170 Å². The predicted octanol–water partition coefficient (Wildman–Crippen LogP) is 2.97.